The van der Waals surface area contributed by atoms with Gasteiger partial charge in [0, 0.05) is 19.2 Å². The van der Waals surface area contributed by atoms with Gasteiger partial charge in [-0.05, 0) is 25.8 Å². The topological polar surface area (TPSA) is 21.3 Å². The lowest BCUT2D eigenvalue weighted by molar-refractivity contribution is 0.113. The molecule has 1 aromatic carbocycles. The van der Waals surface area contributed by atoms with Crippen LogP contribution in [-0.2, 0) is 11.3 Å². The fourth-order valence-corrected chi connectivity index (χ4v) is 1.95. The summed E-state index contributed by atoms with van der Waals surface area (Å²) in [5, 5.41) is 3.54. The molecule has 2 rings (SSSR count). The third kappa shape index (κ3) is 2.80. The van der Waals surface area contributed by atoms with Gasteiger partial charge in [0.15, 0.2) is 0 Å². The third-order valence-corrected chi connectivity index (χ3v) is 3.07. The van der Waals surface area contributed by atoms with E-state index >= 15 is 0 Å². The van der Waals surface area contributed by atoms with Crippen LogP contribution in [0.3, 0.4) is 0 Å². The molecule has 2 nitrogen and oxygen atoms in total. The lowest BCUT2D eigenvalue weighted by atomic mass is 10.1. The number of nitrogens with one attached hydrogen (secondary N) is 1. The van der Waals surface area contributed by atoms with Gasteiger partial charge in [0.05, 0.1) is 6.10 Å². The molecule has 0 bridgehead atoms. The second-order valence-electron chi connectivity index (χ2n) is 4.34. The number of hydrogen-bond acceptors (Lipinski definition) is 2. The molecule has 2 heteroatoms. The largest absolute Gasteiger partial charge is 0.377 e. The molecule has 1 heterocycles. The maximum absolute atomic E-state index is 5.51. The van der Waals surface area contributed by atoms with Crippen molar-refractivity contribution in [2.75, 3.05) is 6.61 Å². The van der Waals surface area contributed by atoms with Crippen molar-refractivity contribution in [2.24, 2.45) is 0 Å². The van der Waals surface area contributed by atoms with E-state index in [0.29, 0.717) is 12.1 Å². The van der Waals surface area contributed by atoms with Crippen molar-refractivity contribution in [1.29, 1.82) is 0 Å². The predicted octanol–water partition coefficient (Wildman–Crippen LogP) is 2.26. The lowest BCUT2D eigenvalue weighted by Gasteiger charge is -2.15. The molecule has 0 radical (unpaired) electrons. The molecule has 0 aromatic heterocycles. The van der Waals surface area contributed by atoms with Gasteiger partial charge in [-0.15, -0.1) is 0 Å². The summed E-state index contributed by atoms with van der Waals surface area (Å²) in [5.74, 6) is 0. The van der Waals surface area contributed by atoms with Gasteiger partial charge >= 0.3 is 0 Å². The van der Waals surface area contributed by atoms with Gasteiger partial charge in [-0.3, -0.25) is 0 Å². The Morgan fingerprint density at radius 1 is 1.33 bits per heavy atom. The minimum Gasteiger partial charge on any atom is -0.377 e. The zero-order valence-electron chi connectivity index (χ0n) is 9.49. The first-order valence-corrected chi connectivity index (χ1v) is 5.66. The van der Waals surface area contributed by atoms with Gasteiger partial charge in [-0.2, -0.15) is 0 Å². The average Bonchev–Trinajstić information content (AvgIpc) is 2.63. The Balaban J connectivity index is 1.85. The van der Waals surface area contributed by atoms with E-state index in [1.165, 1.54) is 11.1 Å². The highest BCUT2D eigenvalue weighted by atomic mass is 16.5. The van der Waals surface area contributed by atoms with E-state index in [-0.39, 0.29) is 0 Å². The van der Waals surface area contributed by atoms with Crippen molar-refractivity contribution in [3.8, 4) is 0 Å². The van der Waals surface area contributed by atoms with Crippen LogP contribution in [0.2, 0.25) is 0 Å². The van der Waals surface area contributed by atoms with Crippen LogP contribution in [-0.4, -0.2) is 18.8 Å². The molecule has 0 saturated carbocycles. The molecule has 2 atom stereocenters. The van der Waals surface area contributed by atoms with Gasteiger partial charge in [0.2, 0.25) is 0 Å². The fraction of sp³-hybridized carbons (Fsp3) is 0.538. The second kappa shape index (κ2) is 4.77. The maximum atomic E-state index is 5.51. The zero-order chi connectivity index (χ0) is 10.7. The Morgan fingerprint density at radius 3 is 2.67 bits per heavy atom. The summed E-state index contributed by atoms with van der Waals surface area (Å²) in [6, 6.07) is 9.20. The van der Waals surface area contributed by atoms with Crippen LogP contribution in [0.15, 0.2) is 24.3 Å². The molecule has 0 spiro atoms. The number of benzene rings is 1. The highest BCUT2D eigenvalue weighted by Crippen LogP contribution is 2.13. The quantitative estimate of drug-likeness (QED) is 0.817. The zero-order valence-corrected chi connectivity index (χ0v) is 9.49. The van der Waals surface area contributed by atoms with E-state index in [1.807, 2.05) is 0 Å². The molecule has 1 saturated heterocycles. The molecule has 1 aliphatic rings. The monoisotopic (exact) mass is 205 g/mol. The SMILES string of the molecule is Cc1ccc(CN[C@@H]2CCO[C@@H]2C)cc1. The minimum atomic E-state index is 0.357. The highest BCUT2D eigenvalue weighted by molar-refractivity contribution is 5.21. The molecule has 0 amide bonds. The molecule has 15 heavy (non-hydrogen) atoms. The van der Waals surface area contributed by atoms with Gasteiger partial charge in [-0.25, -0.2) is 0 Å². The van der Waals surface area contributed by atoms with Crippen LogP contribution in [0.1, 0.15) is 24.5 Å². The Morgan fingerprint density at radius 2 is 2.07 bits per heavy atom. The summed E-state index contributed by atoms with van der Waals surface area (Å²) in [6.45, 7) is 6.09. The Hall–Kier alpha value is -0.860. The molecule has 0 aliphatic carbocycles. The molecular formula is C13H19NO. The Labute approximate surface area is 91.6 Å². The van der Waals surface area contributed by atoms with Crippen molar-refractivity contribution in [3.05, 3.63) is 35.4 Å². The predicted molar refractivity (Wildman–Crippen MR) is 61.8 cm³/mol. The fourth-order valence-electron chi connectivity index (χ4n) is 1.95. The summed E-state index contributed by atoms with van der Waals surface area (Å²) in [4.78, 5) is 0. The summed E-state index contributed by atoms with van der Waals surface area (Å²) in [6.07, 6.45) is 1.49. The van der Waals surface area contributed by atoms with Crippen LogP contribution in [0.25, 0.3) is 0 Å². The van der Waals surface area contributed by atoms with Crippen molar-refractivity contribution < 1.29 is 4.74 Å². The summed E-state index contributed by atoms with van der Waals surface area (Å²) >= 11 is 0. The van der Waals surface area contributed by atoms with E-state index in [4.69, 9.17) is 4.74 Å². The molecule has 1 N–H and O–H groups in total. The number of rotatable bonds is 3. The minimum absolute atomic E-state index is 0.357. The molecular weight excluding hydrogens is 186 g/mol. The Bertz CT molecular complexity index is 307. The van der Waals surface area contributed by atoms with Crippen molar-refractivity contribution >= 4 is 0 Å². The first kappa shape index (κ1) is 10.7. The van der Waals surface area contributed by atoms with Crippen LogP contribution in [0.4, 0.5) is 0 Å². The van der Waals surface area contributed by atoms with Gasteiger partial charge in [0.25, 0.3) is 0 Å². The van der Waals surface area contributed by atoms with E-state index in [9.17, 15) is 0 Å². The Kier molecular flexibility index (Phi) is 3.39. The molecule has 0 unspecified atom stereocenters. The van der Waals surface area contributed by atoms with E-state index in [1.54, 1.807) is 0 Å². The normalized spacial score (nSPS) is 25.7. The van der Waals surface area contributed by atoms with Gasteiger partial charge < -0.3 is 10.1 Å². The third-order valence-electron chi connectivity index (χ3n) is 3.07. The van der Waals surface area contributed by atoms with Gasteiger partial charge in [-0.1, -0.05) is 29.8 Å². The molecule has 1 aliphatic heterocycles. The van der Waals surface area contributed by atoms with Crippen LogP contribution in [0.5, 0.6) is 0 Å². The van der Waals surface area contributed by atoms with E-state index in [2.05, 4.69) is 43.4 Å². The standard InChI is InChI=1S/C13H19NO/c1-10-3-5-12(6-4-10)9-14-13-7-8-15-11(13)2/h3-6,11,13-14H,7-9H2,1-2H3/t11-,13-/m1/s1. The van der Waals surface area contributed by atoms with Crippen molar-refractivity contribution in [2.45, 2.75) is 39.0 Å². The number of hydrogen-bond donors (Lipinski definition) is 1. The van der Waals surface area contributed by atoms with Crippen molar-refractivity contribution in [3.63, 3.8) is 0 Å². The number of aryl methyl sites for hydroxylation is 1. The van der Waals surface area contributed by atoms with Gasteiger partial charge in [0.1, 0.15) is 0 Å². The highest BCUT2D eigenvalue weighted by Gasteiger charge is 2.22. The van der Waals surface area contributed by atoms with E-state index < -0.39 is 0 Å². The first-order valence-electron chi connectivity index (χ1n) is 5.66. The van der Waals surface area contributed by atoms with Crippen LogP contribution < -0.4 is 5.32 Å². The van der Waals surface area contributed by atoms with E-state index in [0.717, 1.165) is 19.6 Å². The number of ether oxygens (including phenoxy) is 1. The second-order valence-corrected chi connectivity index (χ2v) is 4.34. The van der Waals surface area contributed by atoms with Crippen LogP contribution >= 0.6 is 0 Å². The summed E-state index contributed by atoms with van der Waals surface area (Å²) < 4.78 is 5.51. The molecule has 1 aromatic rings. The van der Waals surface area contributed by atoms with Crippen LogP contribution in [0, 0.1) is 6.92 Å². The first-order chi connectivity index (χ1) is 7.25. The average molecular weight is 205 g/mol. The lowest BCUT2D eigenvalue weighted by Crippen LogP contribution is -2.34. The molecule has 1 fully saturated rings. The summed E-state index contributed by atoms with van der Waals surface area (Å²) in [7, 11) is 0. The van der Waals surface area contributed by atoms with Crippen molar-refractivity contribution in [1.82, 2.24) is 5.32 Å². The maximum Gasteiger partial charge on any atom is 0.0700 e. The summed E-state index contributed by atoms with van der Waals surface area (Å²) in [5.41, 5.74) is 2.66. The molecule has 82 valence electrons. The smallest absolute Gasteiger partial charge is 0.0700 e.